The molecule has 0 atom stereocenters. The third-order valence-corrected chi connectivity index (χ3v) is 5.66. The Morgan fingerprint density at radius 3 is 2.30 bits per heavy atom. The van der Waals surface area contributed by atoms with Gasteiger partial charge in [-0.05, 0) is 67.6 Å². The maximum absolute atomic E-state index is 9.31. The monoisotopic (exact) mass is 568 g/mol. The molecule has 3 N–H and O–H groups in total. The molecule has 8 heteroatoms. The molecule has 0 spiro atoms. The van der Waals surface area contributed by atoms with Crippen molar-refractivity contribution in [2.24, 2.45) is 10.9 Å². The highest BCUT2D eigenvalue weighted by Gasteiger charge is 2.18. The first-order valence-corrected chi connectivity index (χ1v) is 11.5. The van der Waals surface area contributed by atoms with E-state index < -0.39 is 0 Å². The zero-order valence-corrected chi connectivity index (χ0v) is 22.0. The highest BCUT2D eigenvalue weighted by molar-refractivity contribution is 14.0. The van der Waals surface area contributed by atoms with Gasteiger partial charge >= 0.3 is 0 Å². The molecule has 0 bridgehead atoms. The van der Waals surface area contributed by atoms with Crippen LogP contribution in [0.3, 0.4) is 0 Å². The van der Waals surface area contributed by atoms with Crippen LogP contribution in [0.4, 0.5) is 5.69 Å². The number of ether oxygens (including phenoxy) is 2. The number of aliphatic hydroxyl groups is 1. The van der Waals surface area contributed by atoms with Gasteiger partial charge in [-0.25, -0.2) is 4.99 Å². The Morgan fingerprint density at radius 1 is 1.03 bits per heavy atom. The molecule has 2 aromatic rings. The molecule has 3 rings (SSSR count). The summed E-state index contributed by atoms with van der Waals surface area (Å²) < 4.78 is 10.9. The molecule has 1 heterocycles. The van der Waals surface area contributed by atoms with Crippen LogP contribution in [-0.4, -0.2) is 57.6 Å². The predicted octanol–water partition coefficient (Wildman–Crippen LogP) is 3.66. The highest BCUT2D eigenvalue weighted by Crippen LogP contribution is 2.23. The summed E-state index contributed by atoms with van der Waals surface area (Å²) in [6.45, 7) is 6.99. The molecule has 0 radical (unpaired) electrons. The molecule has 33 heavy (non-hydrogen) atoms. The molecule has 1 saturated heterocycles. The van der Waals surface area contributed by atoms with Crippen LogP contribution >= 0.6 is 24.0 Å². The van der Waals surface area contributed by atoms with Gasteiger partial charge in [-0.1, -0.05) is 12.1 Å². The predicted molar refractivity (Wildman–Crippen MR) is 145 cm³/mol. The number of piperidine rings is 1. The lowest BCUT2D eigenvalue weighted by molar-refractivity contribution is 0.203. The van der Waals surface area contributed by atoms with Crippen molar-refractivity contribution in [2.45, 2.75) is 26.3 Å². The van der Waals surface area contributed by atoms with Gasteiger partial charge in [0.15, 0.2) is 5.96 Å². The number of hydrogen-bond donors (Lipinski definition) is 3. The number of nitrogens with one attached hydrogen (secondary N) is 2. The van der Waals surface area contributed by atoms with Gasteiger partial charge in [0.2, 0.25) is 0 Å². The average molecular weight is 569 g/mol. The molecule has 0 saturated carbocycles. The van der Waals surface area contributed by atoms with Gasteiger partial charge in [-0.3, -0.25) is 0 Å². The van der Waals surface area contributed by atoms with Crippen molar-refractivity contribution in [3.8, 4) is 11.5 Å². The summed E-state index contributed by atoms with van der Waals surface area (Å²) in [7, 11) is 1.65. The van der Waals surface area contributed by atoms with E-state index in [-0.39, 0.29) is 24.0 Å². The smallest absolute Gasteiger partial charge is 0.191 e. The summed E-state index contributed by atoms with van der Waals surface area (Å²) in [6, 6.07) is 16.2. The molecule has 0 amide bonds. The second kappa shape index (κ2) is 14.8. The van der Waals surface area contributed by atoms with E-state index in [4.69, 9.17) is 14.5 Å². The van der Waals surface area contributed by atoms with Gasteiger partial charge in [0.05, 0.1) is 20.2 Å². The zero-order valence-electron chi connectivity index (χ0n) is 19.6. The molecule has 2 aromatic carbocycles. The summed E-state index contributed by atoms with van der Waals surface area (Å²) in [5.74, 6) is 2.87. The fourth-order valence-corrected chi connectivity index (χ4v) is 3.71. The lowest BCUT2D eigenvalue weighted by Gasteiger charge is -2.32. The number of methoxy groups -OCH3 is 1. The minimum absolute atomic E-state index is 0. The number of hydrogen-bond acceptors (Lipinski definition) is 5. The maximum Gasteiger partial charge on any atom is 0.191 e. The molecule has 1 aliphatic rings. The highest BCUT2D eigenvalue weighted by atomic mass is 127. The van der Waals surface area contributed by atoms with Crippen molar-refractivity contribution in [1.29, 1.82) is 0 Å². The summed E-state index contributed by atoms with van der Waals surface area (Å²) >= 11 is 0. The quantitative estimate of drug-likeness (QED) is 0.176. The number of benzene rings is 2. The van der Waals surface area contributed by atoms with Gasteiger partial charge in [-0.15, -0.1) is 24.0 Å². The Kier molecular flexibility index (Phi) is 12.2. The number of aliphatic hydroxyl groups excluding tert-OH is 1. The normalized spacial score (nSPS) is 14.4. The Hall–Kier alpha value is -2.20. The Labute approximate surface area is 214 Å². The van der Waals surface area contributed by atoms with Gasteiger partial charge < -0.3 is 30.1 Å². The van der Waals surface area contributed by atoms with Crippen molar-refractivity contribution < 1.29 is 14.6 Å². The third-order valence-electron chi connectivity index (χ3n) is 5.66. The zero-order chi connectivity index (χ0) is 22.6. The average Bonchev–Trinajstić information content (AvgIpc) is 2.86. The van der Waals surface area contributed by atoms with Gasteiger partial charge in [0.1, 0.15) is 18.1 Å². The largest absolute Gasteiger partial charge is 0.497 e. The molecule has 182 valence electrons. The Balaban J connectivity index is 0.00000385. The number of rotatable bonds is 10. The summed E-state index contributed by atoms with van der Waals surface area (Å²) in [4.78, 5) is 7.09. The SMILES string of the molecule is CCNC(=NCc1ccc(N2CCC(CO)CC2)cc1)NCCOc1ccc(OC)cc1.I. The first-order valence-electron chi connectivity index (χ1n) is 11.5. The van der Waals surface area contributed by atoms with E-state index in [9.17, 15) is 5.11 Å². The molecule has 0 aromatic heterocycles. The van der Waals surface area contributed by atoms with Crippen LogP contribution in [0.25, 0.3) is 0 Å². The fourth-order valence-electron chi connectivity index (χ4n) is 3.71. The molecule has 0 unspecified atom stereocenters. The summed E-state index contributed by atoms with van der Waals surface area (Å²) in [5, 5.41) is 15.9. The number of nitrogens with zero attached hydrogens (tertiary/aromatic N) is 2. The van der Waals surface area contributed by atoms with Crippen LogP contribution < -0.4 is 25.0 Å². The Bertz CT molecular complexity index is 823. The molecule has 1 aliphatic heterocycles. The van der Waals surface area contributed by atoms with Crippen LogP contribution in [-0.2, 0) is 6.54 Å². The minimum atomic E-state index is 0. The number of guanidine groups is 1. The van der Waals surface area contributed by atoms with Crippen LogP contribution in [0, 0.1) is 5.92 Å². The lowest BCUT2D eigenvalue weighted by atomic mass is 9.97. The molecule has 0 aliphatic carbocycles. The van der Waals surface area contributed by atoms with Gasteiger partial charge in [0, 0.05) is 31.9 Å². The summed E-state index contributed by atoms with van der Waals surface area (Å²) in [5.41, 5.74) is 2.42. The van der Waals surface area contributed by atoms with E-state index in [1.165, 1.54) is 11.3 Å². The maximum atomic E-state index is 9.31. The molecule has 1 fully saturated rings. The van der Waals surface area contributed by atoms with Crippen molar-refractivity contribution in [2.75, 3.05) is 51.4 Å². The van der Waals surface area contributed by atoms with Crippen molar-refractivity contribution in [1.82, 2.24) is 10.6 Å². The number of anilines is 1. The van der Waals surface area contributed by atoms with Gasteiger partial charge in [-0.2, -0.15) is 0 Å². The van der Waals surface area contributed by atoms with Crippen molar-refractivity contribution in [3.63, 3.8) is 0 Å². The summed E-state index contributed by atoms with van der Waals surface area (Å²) in [6.07, 6.45) is 2.12. The van der Waals surface area contributed by atoms with Crippen molar-refractivity contribution >= 4 is 35.6 Å². The first-order chi connectivity index (χ1) is 15.7. The van der Waals surface area contributed by atoms with E-state index >= 15 is 0 Å². The van der Waals surface area contributed by atoms with E-state index in [1.54, 1.807) is 7.11 Å². The molecule has 7 nitrogen and oxygen atoms in total. The van der Waals surface area contributed by atoms with Crippen LogP contribution in [0.5, 0.6) is 11.5 Å². The third kappa shape index (κ3) is 8.92. The van der Waals surface area contributed by atoms with E-state index in [0.717, 1.165) is 49.9 Å². The first kappa shape index (κ1) is 27.0. The number of aliphatic imine (C=N–C) groups is 1. The fraction of sp³-hybridized carbons (Fsp3) is 0.480. The van der Waals surface area contributed by atoms with Crippen LogP contribution in [0.15, 0.2) is 53.5 Å². The lowest BCUT2D eigenvalue weighted by Crippen LogP contribution is -2.39. The van der Waals surface area contributed by atoms with Crippen LogP contribution in [0.1, 0.15) is 25.3 Å². The minimum Gasteiger partial charge on any atom is -0.497 e. The molecular formula is C25H37IN4O3. The van der Waals surface area contributed by atoms with E-state index in [0.29, 0.717) is 32.2 Å². The Morgan fingerprint density at radius 2 is 1.70 bits per heavy atom. The topological polar surface area (TPSA) is 78.4 Å². The van der Waals surface area contributed by atoms with Crippen molar-refractivity contribution in [3.05, 3.63) is 54.1 Å². The molecular weight excluding hydrogens is 531 g/mol. The van der Waals surface area contributed by atoms with Crippen LogP contribution in [0.2, 0.25) is 0 Å². The van der Waals surface area contributed by atoms with E-state index in [2.05, 4.69) is 46.7 Å². The second-order valence-corrected chi connectivity index (χ2v) is 7.93. The van der Waals surface area contributed by atoms with Gasteiger partial charge in [0.25, 0.3) is 0 Å². The standard InChI is InChI=1S/C25H36N4O3.HI/c1-3-26-25(27-14-17-32-24-10-8-23(31-2)9-11-24)28-18-20-4-6-22(7-5-20)29-15-12-21(19-30)13-16-29;/h4-11,21,30H,3,12-19H2,1-2H3,(H2,26,27,28);1H. The van der Waals surface area contributed by atoms with E-state index in [1.807, 2.05) is 24.3 Å². The second-order valence-electron chi connectivity index (χ2n) is 7.93. The number of halogens is 1.